The Labute approximate surface area is 169 Å². The first-order chi connectivity index (χ1) is 14.2. The van der Waals surface area contributed by atoms with Gasteiger partial charge in [-0.15, -0.1) is 0 Å². The van der Waals surface area contributed by atoms with Gasteiger partial charge in [0.05, 0.1) is 12.7 Å². The summed E-state index contributed by atoms with van der Waals surface area (Å²) in [5.74, 6) is -0.237. The van der Waals surface area contributed by atoms with E-state index in [1.54, 1.807) is 18.3 Å². The van der Waals surface area contributed by atoms with Crippen molar-refractivity contribution in [3.05, 3.63) is 83.9 Å². The van der Waals surface area contributed by atoms with Gasteiger partial charge in [0, 0.05) is 50.2 Å². The van der Waals surface area contributed by atoms with Crippen molar-refractivity contribution in [3.63, 3.8) is 0 Å². The largest absolute Gasteiger partial charge is 0.368 e. The standard InChI is InChI=1S/C22H24FN5O/c23-20-6-8-21(9-7-20)26-10-12-27(13-11-26)22(29)24-14-19-15-25-28(17-19)16-18-4-2-1-3-5-18/h1-9,15,17H,10-14,16H2,(H,24,29). The summed E-state index contributed by atoms with van der Waals surface area (Å²) in [5, 5.41) is 7.34. The van der Waals surface area contributed by atoms with Crippen molar-refractivity contribution < 1.29 is 9.18 Å². The molecule has 0 bridgehead atoms. The van der Waals surface area contributed by atoms with E-state index < -0.39 is 0 Å². The van der Waals surface area contributed by atoms with Crippen LogP contribution in [-0.4, -0.2) is 46.9 Å². The summed E-state index contributed by atoms with van der Waals surface area (Å²) < 4.78 is 14.9. The fourth-order valence-electron chi connectivity index (χ4n) is 3.46. The number of carbonyl (C=O) groups excluding carboxylic acids is 1. The van der Waals surface area contributed by atoms with Crippen molar-refractivity contribution in [2.75, 3.05) is 31.1 Å². The normalized spacial score (nSPS) is 14.1. The summed E-state index contributed by atoms with van der Waals surface area (Å²) in [7, 11) is 0. The highest BCUT2D eigenvalue weighted by atomic mass is 19.1. The van der Waals surface area contributed by atoms with Crippen molar-refractivity contribution in [1.82, 2.24) is 20.0 Å². The Balaban J connectivity index is 1.24. The third kappa shape index (κ3) is 4.93. The highest BCUT2D eigenvalue weighted by molar-refractivity contribution is 5.74. The van der Waals surface area contributed by atoms with Gasteiger partial charge in [-0.25, -0.2) is 9.18 Å². The second-order valence-electron chi connectivity index (χ2n) is 7.14. The number of halogens is 1. The number of amides is 2. The van der Waals surface area contributed by atoms with E-state index in [1.807, 2.05) is 34.0 Å². The lowest BCUT2D eigenvalue weighted by molar-refractivity contribution is 0.194. The molecule has 1 aromatic heterocycles. The predicted molar refractivity (Wildman–Crippen MR) is 110 cm³/mol. The number of anilines is 1. The molecular weight excluding hydrogens is 369 g/mol. The van der Waals surface area contributed by atoms with Crippen LogP contribution in [0.1, 0.15) is 11.1 Å². The van der Waals surface area contributed by atoms with E-state index in [4.69, 9.17) is 0 Å². The smallest absolute Gasteiger partial charge is 0.317 e. The highest BCUT2D eigenvalue weighted by Crippen LogP contribution is 2.17. The van der Waals surface area contributed by atoms with Gasteiger partial charge in [-0.1, -0.05) is 30.3 Å². The van der Waals surface area contributed by atoms with Crippen molar-refractivity contribution in [2.24, 2.45) is 0 Å². The molecule has 2 aromatic carbocycles. The molecule has 2 heterocycles. The Kier molecular flexibility index (Phi) is 5.74. The third-order valence-corrected chi connectivity index (χ3v) is 5.08. The van der Waals surface area contributed by atoms with Gasteiger partial charge in [0.15, 0.2) is 0 Å². The quantitative estimate of drug-likeness (QED) is 0.725. The van der Waals surface area contributed by atoms with Crippen LogP contribution >= 0.6 is 0 Å². The third-order valence-electron chi connectivity index (χ3n) is 5.08. The van der Waals surface area contributed by atoms with Crippen LogP contribution in [0.4, 0.5) is 14.9 Å². The molecule has 4 rings (SSSR count). The number of hydrogen-bond acceptors (Lipinski definition) is 3. The number of carbonyl (C=O) groups is 1. The van der Waals surface area contributed by atoms with Gasteiger partial charge in [-0.2, -0.15) is 5.10 Å². The molecule has 6 nitrogen and oxygen atoms in total. The molecular formula is C22H24FN5O. The molecule has 1 fully saturated rings. The molecule has 0 atom stereocenters. The zero-order valence-electron chi connectivity index (χ0n) is 16.2. The van der Waals surface area contributed by atoms with Gasteiger partial charge in [-0.05, 0) is 29.8 Å². The summed E-state index contributed by atoms with van der Waals surface area (Å²) in [5.41, 5.74) is 3.14. The summed E-state index contributed by atoms with van der Waals surface area (Å²) in [6.45, 7) is 3.89. The molecule has 7 heteroatoms. The minimum absolute atomic E-state index is 0.0698. The average molecular weight is 393 g/mol. The van der Waals surface area contributed by atoms with Gasteiger partial charge in [0.1, 0.15) is 5.82 Å². The summed E-state index contributed by atoms with van der Waals surface area (Å²) >= 11 is 0. The maximum atomic E-state index is 13.1. The van der Waals surface area contributed by atoms with Crippen LogP contribution < -0.4 is 10.2 Å². The van der Waals surface area contributed by atoms with Crippen molar-refractivity contribution in [1.29, 1.82) is 0 Å². The summed E-state index contributed by atoms with van der Waals surface area (Å²) in [6, 6.07) is 16.6. The summed E-state index contributed by atoms with van der Waals surface area (Å²) in [4.78, 5) is 16.5. The van der Waals surface area contributed by atoms with E-state index in [-0.39, 0.29) is 11.8 Å². The van der Waals surface area contributed by atoms with E-state index in [9.17, 15) is 9.18 Å². The van der Waals surface area contributed by atoms with Gasteiger partial charge in [-0.3, -0.25) is 4.68 Å². The van der Waals surface area contributed by atoms with E-state index in [0.29, 0.717) is 26.2 Å². The van der Waals surface area contributed by atoms with Crippen LogP contribution in [0.25, 0.3) is 0 Å². The number of nitrogens with one attached hydrogen (secondary N) is 1. The lowest BCUT2D eigenvalue weighted by Gasteiger charge is -2.36. The number of aromatic nitrogens is 2. The molecule has 0 saturated carbocycles. The average Bonchev–Trinajstić information content (AvgIpc) is 3.21. The molecule has 1 aliphatic heterocycles. The number of piperazine rings is 1. The Morgan fingerprint density at radius 2 is 1.69 bits per heavy atom. The second-order valence-corrected chi connectivity index (χ2v) is 7.14. The lowest BCUT2D eigenvalue weighted by Crippen LogP contribution is -2.51. The van der Waals surface area contributed by atoms with Crippen LogP contribution in [0.5, 0.6) is 0 Å². The molecule has 2 amide bonds. The Bertz CT molecular complexity index is 933. The van der Waals surface area contributed by atoms with E-state index in [2.05, 4.69) is 27.4 Å². The molecule has 29 heavy (non-hydrogen) atoms. The van der Waals surface area contributed by atoms with Gasteiger partial charge in [0.2, 0.25) is 0 Å². The minimum Gasteiger partial charge on any atom is -0.368 e. The number of hydrogen-bond donors (Lipinski definition) is 1. The fraction of sp³-hybridized carbons (Fsp3) is 0.273. The molecule has 1 aliphatic rings. The first-order valence-electron chi connectivity index (χ1n) is 9.76. The molecule has 150 valence electrons. The molecule has 1 saturated heterocycles. The van der Waals surface area contributed by atoms with Gasteiger partial charge < -0.3 is 15.1 Å². The highest BCUT2D eigenvalue weighted by Gasteiger charge is 2.21. The maximum Gasteiger partial charge on any atom is 0.317 e. The van der Waals surface area contributed by atoms with E-state index in [1.165, 1.54) is 17.7 Å². The molecule has 0 unspecified atom stereocenters. The van der Waals surface area contributed by atoms with Crippen LogP contribution in [0, 0.1) is 5.82 Å². The predicted octanol–water partition coefficient (Wildman–Crippen LogP) is 3.10. The van der Waals surface area contributed by atoms with Crippen molar-refractivity contribution >= 4 is 11.7 Å². The SMILES string of the molecule is O=C(NCc1cnn(Cc2ccccc2)c1)N1CCN(c2ccc(F)cc2)CC1. The molecule has 0 radical (unpaired) electrons. The first-order valence-corrected chi connectivity index (χ1v) is 9.76. The van der Waals surface area contributed by atoms with Gasteiger partial charge in [0.25, 0.3) is 0 Å². The number of rotatable bonds is 5. The Morgan fingerprint density at radius 1 is 0.966 bits per heavy atom. The zero-order chi connectivity index (χ0) is 20.1. The van der Waals surface area contributed by atoms with Crippen LogP contribution in [0.15, 0.2) is 67.0 Å². The Hall–Kier alpha value is -3.35. The molecule has 0 aliphatic carbocycles. The molecule has 3 aromatic rings. The summed E-state index contributed by atoms with van der Waals surface area (Å²) in [6.07, 6.45) is 3.75. The van der Waals surface area contributed by atoms with Crippen molar-refractivity contribution in [2.45, 2.75) is 13.1 Å². The fourth-order valence-corrected chi connectivity index (χ4v) is 3.46. The Morgan fingerprint density at radius 3 is 2.41 bits per heavy atom. The molecule has 1 N–H and O–H groups in total. The second kappa shape index (κ2) is 8.77. The number of nitrogens with zero attached hydrogens (tertiary/aromatic N) is 4. The number of urea groups is 1. The minimum atomic E-state index is -0.237. The number of benzene rings is 2. The van der Waals surface area contributed by atoms with E-state index in [0.717, 1.165) is 24.3 Å². The zero-order valence-corrected chi connectivity index (χ0v) is 16.2. The van der Waals surface area contributed by atoms with Gasteiger partial charge >= 0.3 is 6.03 Å². The van der Waals surface area contributed by atoms with E-state index >= 15 is 0 Å². The van der Waals surface area contributed by atoms with Crippen LogP contribution in [0.3, 0.4) is 0 Å². The van der Waals surface area contributed by atoms with Crippen LogP contribution in [0.2, 0.25) is 0 Å². The lowest BCUT2D eigenvalue weighted by atomic mass is 10.2. The maximum absolute atomic E-state index is 13.1. The van der Waals surface area contributed by atoms with Crippen LogP contribution in [-0.2, 0) is 13.1 Å². The molecule has 0 spiro atoms. The van der Waals surface area contributed by atoms with Crippen molar-refractivity contribution in [3.8, 4) is 0 Å². The first kappa shape index (κ1) is 19.0. The topological polar surface area (TPSA) is 53.4 Å². The monoisotopic (exact) mass is 393 g/mol.